The van der Waals surface area contributed by atoms with Gasteiger partial charge in [-0.25, -0.2) is 4.39 Å². The molecule has 5 heteroatoms. The van der Waals surface area contributed by atoms with Gasteiger partial charge in [-0.05, 0) is 42.8 Å². The number of amides is 1. The van der Waals surface area contributed by atoms with Crippen LogP contribution in [0.5, 0.6) is 5.75 Å². The van der Waals surface area contributed by atoms with Crippen LogP contribution in [0.4, 0.5) is 10.1 Å². The molecule has 1 N–H and O–H groups in total. The number of benzene rings is 2. The maximum atomic E-state index is 12.3. The second kappa shape index (κ2) is 9.02. The maximum absolute atomic E-state index is 12.3. The third-order valence-corrected chi connectivity index (χ3v) is 2.88. The molecule has 0 bridgehead atoms. The lowest BCUT2D eigenvalue weighted by molar-refractivity contribution is -0.113. The quantitative estimate of drug-likeness (QED) is 0.849. The number of aryl methyl sites for hydroxylation is 1. The molecule has 0 aliphatic carbocycles. The molecule has 0 saturated carbocycles. The van der Waals surface area contributed by atoms with E-state index in [0.29, 0.717) is 5.56 Å². The normalized spacial score (nSPS) is 9.33. The predicted octanol–water partition coefficient (Wildman–Crippen LogP) is 3.70. The number of thiol groups is 1. The van der Waals surface area contributed by atoms with Crippen molar-refractivity contribution in [2.45, 2.75) is 6.92 Å². The lowest BCUT2D eigenvalue weighted by atomic mass is 10.2. The summed E-state index contributed by atoms with van der Waals surface area (Å²) in [4.78, 5) is 10.9. The molecular formula is C16H18FNO2S. The minimum Gasteiger partial charge on any atom is -0.497 e. The van der Waals surface area contributed by atoms with Crippen molar-refractivity contribution in [3.05, 3.63) is 59.9 Å². The summed E-state index contributed by atoms with van der Waals surface area (Å²) in [5.41, 5.74) is 1.45. The number of ether oxygens (including phenoxy) is 1. The van der Waals surface area contributed by atoms with Crippen LogP contribution < -0.4 is 10.1 Å². The van der Waals surface area contributed by atoms with Crippen LogP contribution in [0.1, 0.15) is 5.56 Å². The van der Waals surface area contributed by atoms with E-state index in [1.807, 2.05) is 6.07 Å². The molecule has 3 nitrogen and oxygen atoms in total. The summed E-state index contributed by atoms with van der Waals surface area (Å²) in [6, 6.07) is 13.8. The minimum atomic E-state index is -0.132. The molecule has 0 unspecified atom stereocenters. The number of hydrogen-bond acceptors (Lipinski definition) is 3. The molecule has 0 aliphatic heterocycles. The van der Waals surface area contributed by atoms with Gasteiger partial charge in [0.2, 0.25) is 5.91 Å². The number of carbonyl (C=O) groups excluding carboxylic acids is 1. The largest absolute Gasteiger partial charge is 0.497 e. The van der Waals surface area contributed by atoms with E-state index in [1.165, 1.54) is 6.07 Å². The van der Waals surface area contributed by atoms with Crippen LogP contribution in [-0.4, -0.2) is 18.8 Å². The number of methoxy groups -OCH3 is 1. The molecule has 0 atom stereocenters. The third kappa shape index (κ3) is 6.31. The maximum Gasteiger partial charge on any atom is 0.234 e. The van der Waals surface area contributed by atoms with Crippen molar-refractivity contribution in [3.63, 3.8) is 0 Å². The Morgan fingerprint density at radius 1 is 1.19 bits per heavy atom. The number of rotatable bonds is 3. The Kier molecular flexibility index (Phi) is 7.32. The van der Waals surface area contributed by atoms with Gasteiger partial charge in [-0.3, -0.25) is 4.79 Å². The van der Waals surface area contributed by atoms with Crippen molar-refractivity contribution in [1.29, 1.82) is 0 Å². The summed E-state index contributed by atoms with van der Waals surface area (Å²) in [5, 5.41) is 2.67. The highest BCUT2D eigenvalue weighted by molar-refractivity contribution is 7.81. The summed E-state index contributed by atoms with van der Waals surface area (Å²) in [7, 11) is 1.60. The van der Waals surface area contributed by atoms with Crippen molar-refractivity contribution in [2.75, 3.05) is 18.2 Å². The lowest BCUT2D eigenvalue weighted by Crippen LogP contribution is -2.12. The fourth-order valence-corrected chi connectivity index (χ4v) is 1.50. The fraction of sp³-hybridized carbons (Fsp3) is 0.188. The first-order valence-electron chi connectivity index (χ1n) is 6.32. The standard InChI is InChI=1S/C9H11NO2S.C7H7F/c1-12-8-4-2-7(3-5-8)10-9(11)6-13;1-6-4-2-3-5-7(6)8/h2-5,13H,6H2,1H3,(H,10,11);2-5H,1H3. The molecule has 0 aromatic heterocycles. The zero-order chi connectivity index (χ0) is 15.7. The average molecular weight is 307 g/mol. The Morgan fingerprint density at radius 3 is 2.24 bits per heavy atom. The van der Waals surface area contributed by atoms with E-state index < -0.39 is 0 Å². The Balaban J connectivity index is 0.000000235. The lowest BCUT2D eigenvalue weighted by Gasteiger charge is -2.03. The second-order valence-corrected chi connectivity index (χ2v) is 4.50. The molecule has 0 fully saturated rings. The Hall–Kier alpha value is -2.01. The van der Waals surface area contributed by atoms with Crippen molar-refractivity contribution in [3.8, 4) is 5.75 Å². The van der Waals surface area contributed by atoms with Crippen LogP contribution in [0.3, 0.4) is 0 Å². The van der Waals surface area contributed by atoms with Gasteiger partial charge in [-0.2, -0.15) is 12.6 Å². The predicted molar refractivity (Wildman–Crippen MR) is 86.6 cm³/mol. The molecule has 112 valence electrons. The van der Waals surface area contributed by atoms with Gasteiger partial charge in [0.05, 0.1) is 12.9 Å². The van der Waals surface area contributed by atoms with E-state index in [1.54, 1.807) is 50.4 Å². The van der Waals surface area contributed by atoms with Crippen molar-refractivity contribution >= 4 is 24.2 Å². The van der Waals surface area contributed by atoms with Crippen LogP contribution in [0.25, 0.3) is 0 Å². The summed E-state index contributed by atoms with van der Waals surface area (Å²) in [6.07, 6.45) is 0. The minimum absolute atomic E-state index is 0.117. The number of anilines is 1. The van der Waals surface area contributed by atoms with Crippen molar-refractivity contribution in [1.82, 2.24) is 0 Å². The molecule has 2 aromatic carbocycles. The van der Waals surface area contributed by atoms with Gasteiger partial charge in [0, 0.05) is 5.69 Å². The summed E-state index contributed by atoms with van der Waals surface area (Å²) in [5.74, 6) is 0.705. The van der Waals surface area contributed by atoms with E-state index in [4.69, 9.17) is 4.74 Å². The van der Waals surface area contributed by atoms with E-state index in [0.717, 1.165) is 11.4 Å². The first-order valence-corrected chi connectivity index (χ1v) is 6.96. The van der Waals surface area contributed by atoms with Gasteiger partial charge in [0.1, 0.15) is 11.6 Å². The van der Waals surface area contributed by atoms with Crippen LogP contribution in [0, 0.1) is 12.7 Å². The van der Waals surface area contributed by atoms with E-state index in [2.05, 4.69) is 17.9 Å². The summed E-state index contributed by atoms with van der Waals surface area (Å²) >= 11 is 3.85. The van der Waals surface area contributed by atoms with Crippen LogP contribution in [0.15, 0.2) is 48.5 Å². The van der Waals surface area contributed by atoms with Gasteiger partial charge >= 0.3 is 0 Å². The van der Waals surface area contributed by atoms with Crippen LogP contribution in [-0.2, 0) is 4.79 Å². The van der Waals surface area contributed by atoms with E-state index in [9.17, 15) is 9.18 Å². The van der Waals surface area contributed by atoms with Gasteiger partial charge in [0.25, 0.3) is 0 Å². The van der Waals surface area contributed by atoms with Crippen LogP contribution in [0.2, 0.25) is 0 Å². The van der Waals surface area contributed by atoms with E-state index >= 15 is 0 Å². The molecule has 0 saturated heterocycles. The van der Waals surface area contributed by atoms with Gasteiger partial charge in [-0.15, -0.1) is 0 Å². The zero-order valence-corrected chi connectivity index (χ0v) is 12.9. The number of hydrogen-bond donors (Lipinski definition) is 2. The zero-order valence-electron chi connectivity index (χ0n) is 12.0. The first-order chi connectivity index (χ1) is 10.1. The van der Waals surface area contributed by atoms with E-state index in [-0.39, 0.29) is 17.5 Å². The molecule has 0 radical (unpaired) electrons. The molecule has 0 heterocycles. The van der Waals surface area contributed by atoms with Crippen LogP contribution >= 0.6 is 12.6 Å². The molecule has 0 spiro atoms. The highest BCUT2D eigenvalue weighted by Crippen LogP contribution is 2.14. The Morgan fingerprint density at radius 2 is 1.81 bits per heavy atom. The molecular weight excluding hydrogens is 289 g/mol. The SMILES string of the molecule is COc1ccc(NC(=O)CS)cc1.Cc1ccccc1F. The highest BCUT2D eigenvalue weighted by Gasteiger charge is 1.98. The number of carbonyl (C=O) groups is 1. The summed E-state index contributed by atoms with van der Waals surface area (Å²) in [6.45, 7) is 1.75. The first kappa shape index (κ1) is 17.0. The number of nitrogens with one attached hydrogen (secondary N) is 1. The average Bonchev–Trinajstić information content (AvgIpc) is 2.51. The molecule has 1 amide bonds. The number of halogens is 1. The smallest absolute Gasteiger partial charge is 0.234 e. The van der Waals surface area contributed by atoms with Gasteiger partial charge in [-0.1, -0.05) is 18.2 Å². The van der Waals surface area contributed by atoms with Crippen molar-refractivity contribution < 1.29 is 13.9 Å². The van der Waals surface area contributed by atoms with Gasteiger partial charge in [0.15, 0.2) is 0 Å². The topological polar surface area (TPSA) is 38.3 Å². The molecule has 0 aliphatic rings. The Labute approximate surface area is 129 Å². The van der Waals surface area contributed by atoms with Gasteiger partial charge < -0.3 is 10.1 Å². The Bertz CT molecular complexity index is 552. The molecule has 21 heavy (non-hydrogen) atoms. The highest BCUT2D eigenvalue weighted by atomic mass is 32.1. The second-order valence-electron chi connectivity index (χ2n) is 4.18. The fourth-order valence-electron chi connectivity index (χ4n) is 1.43. The third-order valence-electron chi connectivity index (χ3n) is 2.59. The summed E-state index contributed by atoms with van der Waals surface area (Å²) < 4.78 is 17.3. The molecule has 2 rings (SSSR count). The van der Waals surface area contributed by atoms with Crippen molar-refractivity contribution in [2.24, 2.45) is 0 Å². The molecule has 2 aromatic rings. The monoisotopic (exact) mass is 307 g/mol.